The van der Waals surface area contributed by atoms with Gasteiger partial charge >= 0.3 is 6.18 Å². The molecule has 0 atom stereocenters. The number of amides is 1. The van der Waals surface area contributed by atoms with Crippen LogP contribution >= 0.6 is 11.8 Å². The van der Waals surface area contributed by atoms with Crippen LogP contribution in [0.4, 0.5) is 13.2 Å². The van der Waals surface area contributed by atoms with Crippen molar-refractivity contribution >= 4 is 17.7 Å². The van der Waals surface area contributed by atoms with E-state index >= 15 is 0 Å². The Morgan fingerprint density at radius 1 is 1.62 bits per heavy atom. The fraction of sp³-hybridized carbons (Fsp3) is 0.308. The van der Waals surface area contributed by atoms with Gasteiger partial charge in [-0.05, 0) is 18.6 Å². The van der Waals surface area contributed by atoms with E-state index in [9.17, 15) is 18.0 Å². The molecule has 1 aromatic rings. The van der Waals surface area contributed by atoms with Crippen LogP contribution in [0, 0.1) is 18.3 Å². The predicted molar refractivity (Wildman–Crippen MR) is 72.6 cm³/mol. The van der Waals surface area contributed by atoms with E-state index < -0.39 is 11.9 Å². The number of nitrogens with zero attached hydrogens (tertiary/aromatic N) is 2. The van der Waals surface area contributed by atoms with Gasteiger partial charge in [-0.15, -0.1) is 6.58 Å². The zero-order chi connectivity index (χ0) is 16.0. The van der Waals surface area contributed by atoms with Crippen molar-refractivity contribution in [3.05, 3.63) is 35.5 Å². The molecule has 1 heterocycles. The van der Waals surface area contributed by atoms with E-state index in [1.54, 1.807) is 0 Å². The van der Waals surface area contributed by atoms with Gasteiger partial charge in [0.05, 0.1) is 11.3 Å². The summed E-state index contributed by atoms with van der Waals surface area (Å²) in [4.78, 5) is 14.9. The summed E-state index contributed by atoms with van der Waals surface area (Å²) in [6.07, 6.45) is -3.12. The highest BCUT2D eigenvalue weighted by Gasteiger charge is 2.34. The number of aryl methyl sites for hydroxylation is 1. The second-order valence-electron chi connectivity index (χ2n) is 4.00. The van der Waals surface area contributed by atoms with Gasteiger partial charge in [-0.1, -0.05) is 17.8 Å². The number of halogens is 3. The first-order valence-corrected chi connectivity index (χ1v) is 6.77. The fourth-order valence-corrected chi connectivity index (χ4v) is 2.28. The Labute approximate surface area is 124 Å². The molecule has 1 N–H and O–H groups in total. The third-order valence-corrected chi connectivity index (χ3v) is 3.34. The van der Waals surface area contributed by atoms with Crippen molar-refractivity contribution in [2.45, 2.75) is 18.1 Å². The third-order valence-electron chi connectivity index (χ3n) is 2.37. The minimum atomic E-state index is -4.60. The molecular formula is C13H12F3N3OS. The van der Waals surface area contributed by atoms with Crippen molar-refractivity contribution < 1.29 is 18.0 Å². The van der Waals surface area contributed by atoms with Crippen LogP contribution in [-0.2, 0) is 11.0 Å². The van der Waals surface area contributed by atoms with Crippen molar-refractivity contribution in [2.75, 3.05) is 12.3 Å². The molecule has 0 spiro atoms. The lowest BCUT2D eigenvalue weighted by molar-refractivity contribution is -0.141. The van der Waals surface area contributed by atoms with Gasteiger partial charge in [0.25, 0.3) is 0 Å². The van der Waals surface area contributed by atoms with E-state index in [0.717, 1.165) is 17.8 Å². The highest BCUT2D eigenvalue weighted by atomic mass is 32.2. The lowest BCUT2D eigenvalue weighted by Crippen LogP contribution is -2.25. The van der Waals surface area contributed by atoms with Crippen LogP contribution in [0.25, 0.3) is 0 Å². The summed E-state index contributed by atoms with van der Waals surface area (Å²) in [5.41, 5.74) is -0.855. The largest absolute Gasteiger partial charge is 0.433 e. The minimum absolute atomic E-state index is 0.0459. The molecule has 0 aliphatic carbocycles. The number of hydrogen-bond acceptors (Lipinski definition) is 4. The lowest BCUT2D eigenvalue weighted by Gasteiger charge is -2.11. The number of nitriles is 1. The topological polar surface area (TPSA) is 65.8 Å². The minimum Gasteiger partial charge on any atom is -0.352 e. The summed E-state index contributed by atoms with van der Waals surface area (Å²) in [5, 5.41) is 11.4. The van der Waals surface area contributed by atoms with Gasteiger partial charge in [-0.3, -0.25) is 4.79 Å². The normalized spacial score (nSPS) is 10.8. The predicted octanol–water partition coefficient (Wildman–Crippen LogP) is 2.67. The number of pyridine rings is 1. The number of carbonyl (C=O) groups is 1. The number of alkyl halides is 3. The molecule has 0 radical (unpaired) electrons. The average Bonchev–Trinajstić information content (AvgIpc) is 2.41. The SMILES string of the molecule is C=CCNC(=O)CSc1nc(C(F)(F)F)cc(C)c1C#N. The Morgan fingerprint density at radius 2 is 2.29 bits per heavy atom. The van der Waals surface area contributed by atoms with E-state index in [-0.39, 0.29) is 34.4 Å². The molecule has 0 unspecified atom stereocenters. The molecule has 8 heteroatoms. The Balaban J connectivity index is 2.99. The fourth-order valence-electron chi connectivity index (χ4n) is 1.40. The molecule has 0 aliphatic rings. The quantitative estimate of drug-likeness (QED) is 0.670. The van der Waals surface area contributed by atoms with Gasteiger partial charge in [0.15, 0.2) is 0 Å². The molecule has 0 aromatic carbocycles. The molecule has 0 bridgehead atoms. The smallest absolute Gasteiger partial charge is 0.352 e. The number of hydrogen-bond donors (Lipinski definition) is 1. The maximum absolute atomic E-state index is 12.7. The van der Waals surface area contributed by atoms with E-state index in [1.165, 1.54) is 13.0 Å². The number of aromatic nitrogens is 1. The molecule has 1 rings (SSSR count). The zero-order valence-electron chi connectivity index (χ0n) is 11.1. The highest BCUT2D eigenvalue weighted by molar-refractivity contribution is 8.00. The van der Waals surface area contributed by atoms with Crippen molar-refractivity contribution in [3.8, 4) is 6.07 Å². The Morgan fingerprint density at radius 3 is 2.81 bits per heavy atom. The Bertz CT molecular complexity index is 594. The molecule has 4 nitrogen and oxygen atoms in total. The summed E-state index contributed by atoms with van der Waals surface area (Å²) in [5.74, 6) is -0.503. The molecule has 0 saturated heterocycles. The molecular weight excluding hydrogens is 303 g/mol. The van der Waals surface area contributed by atoms with E-state index in [0.29, 0.717) is 0 Å². The van der Waals surface area contributed by atoms with Gasteiger partial charge in [0.1, 0.15) is 16.8 Å². The molecule has 0 aliphatic heterocycles. The maximum Gasteiger partial charge on any atom is 0.433 e. The summed E-state index contributed by atoms with van der Waals surface area (Å²) in [7, 11) is 0. The Kier molecular flexibility index (Phi) is 5.79. The van der Waals surface area contributed by atoms with Crippen molar-refractivity contribution in [1.29, 1.82) is 5.26 Å². The summed E-state index contributed by atoms with van der Waals surface area (Å²) >= 11 is 0.795. The third kappa shape index (κ3) is 4.79. The summed E-state index contributed by atoms with van der Waals surface area (Å²) < 4.78 is 38.1. The number of nitrogens with one attached hydrogen (secondary N) is 1. The highest BCUT2D eigenvalue weighted by Crippen LogP contribution is 2.32. The van der Waals surface area contributed by atoms with Crippen molar-refractivity contribution in [2.24, 2.45) is 0 Å². The van der Waals surface area contributed by atoms with Gasteiger partial charge in [0, 0.05) is 6.54 Å². The summed E-state index contributed by atoms with van der Waals surface area (Å²) in [6.45, 7) is 5.09. The first-order valence-electron chi connectivity index (χ1n) is 5.79. The second kappa shape index (κ2) is 7.13. The average molecular weight is 315 g/mol. The van der Waals surface area contributed by atoms with Gasteiger partial charge in [-0.25, -0.2) is 4.98 Å². The molecule has 1 aromatic heterocycles. The molecule has 21 heavy (non-hydrogen) atoms. The van der Waals surface area contributed by atoms with Gasteiger partial charge < -0.3 is 5.32 Å². The van der Waals surface area contributed by atoms with Crippen LogP contribution in [0.15, 0.2) is 23.7 Å². The first kappa shape index (κ1) is 17.0. The molecule has 0 saturated carbocycles. The first-order chi connectivity index (χ1) is 9.79. The van der Waals surface area contributed by atoms with Crippen LogP contribution in [0.3, 0.4) is 0 Å². The maximum atomic E-state index is 12.7. The molecule has 1 amide bonds. The van der Waals surface area contributed by atoms with Crippen LogP contribution in [-0.4, -0.2) is 23.2 Å². The number of rotatable bonds is 5. The van der Waals surface area contributed by atoms with E-state index in [4.69, 9.17) is 5.26 Å². The van der Waals surface area contributed by atoms with Crippen LogP contribution in [0.2, 0.25) is 0 Å². The molecule has 0 fully saturated rings. The lowest BCUT2D eigenvalue weighted by atomic mass is 10.1. The Hall–Kier alpha value is -2.01. The van der Waals surface area contributed by atoms with E-state index in [2.05, 4.69) is 16.9 Å². The summed E-state index contributed by atoms with van der Waals surface area (Å²) in [6, 6.07) is 2.63. The monoisotopic (exact) mass is 315 g/mol. The van der Waals surface area contributed by atoms with E-state index in [1.807, 2.05) is 6.07 Å². The van der Waals surface area contributed by atoms with Gasteiger partial charge in [-0.2, -0.15) is 18.4 Å². The second-order valence-corrected chi connectivity index (χ2v) is 4.96. The van der Waals surface area contributed by atoms with Gasteiger partial charge in [0.2, 0.25) is 5.91 Å². The molecule has 112 valence electrons. The standard InChI is InChI=1S/C13H12F3N3OS/c1-3-4-18-11(20)7-21-12-9(6-17)8(2)5-10(19-12)13(14,15)16/h3,5H,1,4,7H2,2H3,(H,18,20). The number of carbonyl (C=O) groups excluding carboxylic acids is 1. The van der Waals surface area contributed by atoms with Crippen LogP contribution < -0.4 is 5.32 Å². The van der Waals surface area contributed by atoms with Crippen molar-refractivity contribution in [3.63, 3.8) is 0 Å². The van der Waals surface area contributed by atoms with Crippen molar-refractivity contribution in [1.82, 2.24) is 10.3 Å². The van der Waals surface area contributed by atoms with Crippen LogP contribution in [0.5, 0.6) is 0 Å². The zero-order valence-corrected chi connectivity index (χ0v) is 11.9. The number of thioether (sulfide) groups is 1. The van der Waals surface area contributed by atoms with Crippen LogP contribution in [0.1, 0.15) is 16.8 Å².